The quantitative estimate of drug-likeness (QED) is 0.275. The third-order valence-corrected chi connectivity index (χ3v) is 5.98. The summed E-state index contributed by atoms with van der Waals surface area (Å²) in [6.07, 6.45) is 3.09. The number of benzene rings is 2. The van der Waals surface area contributed by atoms with Crippen LogP contribution in [0.15, 0.2) is 52.4 Å². The van der Waals surface area contributed by atoms with Gasteiger partial charge in [-0.3, -0.25) is 4.99 Å². The molecule has 6 nitrogen and oxygen atoms in total. The first-order valence-electron chi connectivity index (χ1n) is 10.2. The summed E-state index contributed by atoms with van der Waals surface area (Å²) in [7, 11) is -1.42. The number of guanidine groups is 1. The first-order chi connectivity index (χ1) is 14.2. The van der Waals surface area contributed by atoms with Crippen molar-refractivity contribution in [3.63, 3.8) is 0 Å². The molecule has 1 unspecified atom stereocenters. The Kier molecular flexibility index (Phi) is 11.3. The van der Waals surface area contributed by atoms with Gasteiger partial charge in [0.2, 0.25) is 0 Å². The van der Waals surface area contributed by atoms with Crippen LogP contribution in [0.25, 0.3) is 0 Å². The highest BCUT2D eigenvalue weighted by molar-refractivity contribution is 14.0. The van der Waals surface area contributed by atoms with Crippen LogP contribution in [0.1, 0.15) is 37.0 Å². The molecule has 31 heavy (non-hydrogen) atoms. The molecule has 0 aliphatic rings. The molecule has 0 saturated carbocycles. The van der Waals surface area contributed by atoms with E-state index in [1.54, 1.807) is 19.2 Å². The largest absolute Gasteiger partial charge is 0.490 e. The van der Waals surface area contributed by atoms with Gasteiger partial charge in [-0.2, -0.15) is 0 Å². The van der Waals surface area contributed by atoms with Gasteiger partial charge < -0.3 is 15.4 Å². The molecule has 8 heteroatoms. The lowest BCUT2D eigenvalue weighted by molar-refractivity contribution is 0.215. The number of ether oxygens (including phenoxy) is 1. The zero-order chi connectivity index (χ0) is 22.1. The molecule has 2 N–H and O–H groups in total. The third-order valence-electron chi connectivity index (χ3n) is 4.85. The van der Waals surface area contributed by atoms with Crippen molar-refractivity contribution in [2.45, 2.75) is 51.2 Å². The van der Waals surface area contributed by atoms with Crippen LogP contribution in [0.3, 0.4) is 0 Å². The van der Waals surface area contributed by atoms with Gasteiger partial charge in [-0.05, 0) is 56.0 Å². The fraction of sp³-hybridized carbons (Fsp3) is 0.435. The minimum Gasteiger partial charge on any atom is -0.490 e. The van der Waals surface area contributed by atoms with Crippen LogP contribution >= 0.6 is 24.0 Å². The van der Waals surface area contributed by atoms with Crippen molar-refractivity contribution in [1.29, 1.82) is 0 Å². The molecular weight excluding hydrogens is 525 g/mol. The number of aryl methyl sites for hydroxylation is 1. The summed E-state index contributed by atoms with van der Waals surface area (Å²) in [4.78, 5) is 4.62. The first kappa shape index (κ1) is 27.2. The zero-order valence-electron chi connectivity index (χ0n) is 18.9. The van der Waals surface area contributed by atoms with Gasteiger partial charge in [-0.15, -0.1) is 24.0 Å². The lowest BCUT2D eigenvalue weighted by atomic mass is 10.1. The number of nitrogens with one attached hydrogen (secondary N) is 2. The number of nitrogens with zero attached hydrogens (tertiary/aromatic N) is 1. The Morgan fingerprint density at radius 2 is 1.81 bits per heavy atom. The van der Waals surface area contributed by atoms with Crippen LogP contribution in [-0.2, 0) is 22.8 Å². The van der Waals surface area contributed by atoms with E-state index < -0.39 is 9.84 Å². The molecule has 0 bridgehead atoms. The van der Waals surface area contributed by atoms with Crippen molar-refractivity contribution < 1.29 is 13.2 Å². The monoisotopic (exact) mass is 559 g/mol. The van der Waals surface area contributed by atoms with Crippen molar-refractivity contribution in [2.75, 3.05) is 19.8 Å². The summed E-state index contributed by atoms with van der Waals surface area (Å²) in [6, 6.07) is 13.2. The second-order valence-corrected chi connectivity index (χ2v) is 9.48. The van der Waals surface area contributed by atoms with E-state index in [0.717, 1.165) is 29.7 Å². The molecule has 0 aliphatic heterocycles. The molecule has 0 spiro atoms. The highest BCUT2D eigenvalue weighted by atomic mass is 127. The fourth-order valence-electron chi connectivity index (χ4n) is 2.85. The van der Waals surface area contributed by atoms with E-state index >= 15 is 0 Å². The van der Waals surface area contributed by atoms with Crippen LogP contribution in [0.2, 0.25) is 0 Å². The van der Waals surface area contributed by atoms with E-state index in [2.05, 4.69) is 54.6 Å². The fourth-order valence-corrected chi connectivity index (χ4v) is 3.48. The van der Waals surface area contributed by atoms with E-state index in [4.69, 9.17) is 4.74 Å². The van der Waals surface area contributed by atoms with Crippen molar-refractivity contribution in [1.82, 2.24) is 10.6 Å². The number of rotatable bonds is 9. The molecule has 0 aliphatic carbocycles. The van der Waals surface area contributed by atoms with Gasteiger partial charge in [0, 0.05) is 32.0 Å². The Hall–Kier alpha value is -1.81. The topological polar surface area (TPSA) is 79.8 Å². The maximum absolute atomic E-state index is 11.5. The van der Waals surface area contributed by atoms with Crippen LogP contribution < -0.4 is 15.4 Å². The number of aliphatic imine (C=N–C) groups is 1. The molecule has 0 saturated heterocycles. The van der Waals surface area contributed by atoms with E-state index in [0.29, 0.717) is 23.9 Å². The van der Waals surface area contributed by atoms with Gasteiger partial charge in [-0.1, -0.05) is 31.2 Å². The SMILES string of the molecule is CCC(C)Oc1cc(C)ccc1CNC(=NC)NCCc1ccc(S(C)(=O)=O)cc1.I. The van der Waals surface area contributed by atoms with Gasteiger partial charge in [0.1, 0.15) is 5.75 Å². The van der Waals surface area contributed by atoms with Crippen molar-refractivity contribution in [3.05, 3.63) is 59.2 Å². The number of hydrogen-bond donors (Lipinski definition) is 2. The molecule has 0 radical (unpaired) electrons. The van der Waals surface area contributed by atoms with E-state index in [9.17, 15) is 8.42 Å². The highest BCUT2D eigenvalue weighted by Crippen LogP contribution is 2.22. The van der Waals surface area contributed by atoms with Crippen LogP contribution in [0.5, 0.6) is 5.75 Å². The van der Waals surface area contributed by atoms with Gasteiger partial charge in [0.15, 0.2) is 15.8 Å². The minimum absolute atomic E-state index is 0. The summed E-state index contributed by atoms with van der Waals surface area (Å²) in [6.45, 7) is 7.53. The first-order valence-corrected chi connectivity index (χ1v) is 12.1. The number of halogens is 1. The van der Waals surface area contributed by atoms with Crippen molar-refractivity contribution >= 4 is 39.8 Å². The van der Waals surface area contributed by atoms with E-state index in [1.165, 1.54) is 11.8 Å². The Morgan fingerprint density at radius 1 is 1.13 bits per heavy atom. The van der Waals surface area contributed by atoms with Crippen molar-refractivity contribution in [2.24, 2.45) is 4.99 Å². The van der Waals surface area contributed by atoms with Gasteiger partial charge in [0.05, 0.1) is 11.0 Å². The molecule has 0 amide bonds. The molecule has 0 aromatic heterocycles. The summed E-state index contributed by atoms with van der Waals surface area (Å²) >= 11 is 0. The summed E-state index contributed by atoms with van der Waals surface area (Å²) in [5.41, 5.74) is 3.31. The van der Waals surface area contributed by atoms with E-state index in [-0.39, 0.29) is 30.1 Å². The molecule has 172 valence electrons. The zero-order valence-corrected chi connectivity index (χ0v) is 22.1. The smallest absolute Gasteiger partial charge is 0.191 e. The van der Waals surface area contributed by atoms with E-state index in [1.807, 2.05) is 12.1 Å². The molecule has 2 rings (SSSR count). The predicted molar refractivity (Wildman–Crippen MR) is 138 cm³/mol. The Labute approximate surface area is 203 Å². The predicted octanol–water partition coefficient (Wildman–Crippen LogP) is 4.10. The van der Waals surface area contributed by atoms with Crippen LogP contribution in [0, 0.1) is 6.92 Å². The molecule has 2 aromatic rings. The number of hydrogen-bond acceptors (Lipinski definition) is 4. The lowest BCUT2D eigenvalue weighted by Crippen LogP contribution is -2.38. The van der Waals surface area contributed by atoms with Gasteiger partial charge >= 0.3 is 0 Å². The van der Waals surface area contributed by atoms with Gasteiger partial charge in [-0.25, -0.2) is 8.42 Å². The lowest BCUT2D eigenvalue weighted by Gasteiger charge is -2.18. The summed E-state index contributed by atoms with van der Waals surface area (Å²) in [5, 5.41) is 6.63. The van der Waals surface area contributed by atoms with Gasteiger partial charge in [0.25, 0.3) is 0 Å². The second-order valence-electron chi connectivity index (χ2n) is 7.47. The second kappa shape index (κ2) is 12.9. The Balaban J connectivity index is 0.00000480. The normalized spacial score (nSPS) is 12.6. The standard InChI is InChI=1S/C23H33N3O3S.HI/c1-6-18(3)29-22-15-17(2)7-10-20(22)16-26-23(24-4)25-14-13-19-8-11-21(12-9-19)30(5,27)28;/h7-12,15,18H,6,13-14,16H2,1-5H3,(H2,24,25,26);1H. The molecule has 1 atom stereocenters. The molecule has 2 aromatic carbocycles. The number of sulfone groups is 1. The highest BCUT2D eigenvalue weighted by Gasteiger charge is 2.09. The molecule has 0 heterocycles. The maximum Gasteiger partial charge on any atom is 0.191 e. The Bertz CT molecular complexity index is 961. The third kappa shape index (κ3) is 9.06. The van der Waals surface area contributed by atoms with Crippen LogP contribution in [-0.4, -0.2) is 40.3 Å². The molecule has 0 fully saturated rings. The Morgan fingerprint density at radius 3 is 2.39 bits per heavy atom. The summed E-state index contributed by atoms with van der Waals surface area (Å²) in [5.74, 6) is 1.61. The minimum atomic E-state index is -3.16. The molecular formula is C23H34IN3O3S. The maximum atomic E-state index is 11.5. The average molecular weight is 560 g/mol. The van der Waals surface area contributed by atoms with Crippen molar-refractivity contribution in [3.8, 4) is 5.75 Å². The average Bonchev–Trinajstić information content (AvgIpc) is 2.71. The van der Waals surface area contributed by atoms with Crippen LogP contribution in [0.4, 0.5) is 0 Å². The summed E-state index contributed by atoms with van der Waals surface area (Å²) < 4.78 is 29.2.